The molecule has 3 aromatic heterocycles. The fourth-order valence-electron chi connectivity index (χ4n) is 4.83. The largest absolute Gasteiger partial charge is 0.497 e. The lowest BCUT2D eigenvalue weighted by Gasteiger charge is -2.13. The van der Waals surface area contributed by atoms with Gasteiger partial charge in [-0.3, -0.25) is 9.59 Å². The number of nitrogens with two attached hydrogens (primary N) is 1. The summed E-state index contributed by atoms with van der Waals surface area (Å²) in [4.78, 5) is 33.0. The maximum Gasteiger partial charge on any atom is 0.267 e. The van der Waals surface area contributed by atoms with E-state index >= 15 is 0 Å². The van der Waals surface area contributed by atoms with Crippen LogP contribution in [-0.4, -0.2) is 30.9 Å². The molecule has 0 aliphatic carbocycles. The van der Waals surface area contributed by atoms with Crippen molar-refractivity contribution in [1.82, 2.24) is 4.98 Å². The van der Waals surface area contributed by atoms with E-state index < -0.39 is 0 Å². The summed E-state index contributed by atoms with van der Waals surface area (Å²) in [7, 11) is 3.20. The van der Waals surface area contributed by atoms with Crippen LogP contribution < -0.4 is 20.5 Å². The molecule has 3 N–H and O–H groups in total. The number of pyridine rings is 1. The molecule has 0 bridgehead atoms. The van der Waals surface area contributed by atoms with Crippen molar-refractivity contribution in [3.63, 3.8) is 0 Å². The molecule has 0 radical (unpaired) electrons. The zero-order chi connectivity index (χ0) is 30.6. The molecule has 7 nitrogen and oxygen atoms in total. The predicted octanol–water partition coefficient (Wildman–Crippen LogP) is 8.44. The topological polar surface area (TPSA) is 104 Å². The molecule has 0 aliphatic rings. The third-order valence-electron chi connectivity index (χ3n) is 7.04. The first kappa shape index (κ1) is 28.9. The molecular formula is C35H27N3O4S2. The van der Waals surface area contributed by atoms with Crippen molar-refractivity contribution in [1.29, 1.82) is 0 Å². The highest BCUT2D eigenvalue weighted by Gasteiger charge is 2.23. The number of nitrogen functional groups attached to an aromatic ring is 1. The number of rotatable bonds is 9. The smallest absolute Gasteiger partial charge is 0.267 e. The van der Waals surface area contributed by atoms with E-state index in [2.05, 4.69) is 5.32 Å². The number of hydrogen-bond donors (Lipinski definition) is 2. The number of carbonyl (C=O) groups excluding carboxylic acids is 2. The normalized spacial score (nSPS) is 11.1. The minimum absolute atomic E-state index is 0.119. The maximum atomic E-state index is 13.5. The molecule has 0 aliphatic heterocycles. The standard InChI is InChI=1S/C35H27N3O4S2/c1-41-24-14-16-26(30(19-24)42-2)27-20-28(21-7-4-3-5-8-21)38-35-31(27)32(36)33(44-35)34(40)37-23-12-10-22(11-13-23)29(39)17-15-25-9-6-18-43-25/h3-20H,36H2,1-2H3,(H,37,40). The summed E-state index contributed by atoms with van der Waals surface area (Å²) in [5.74, 6) is 0.777. The summed E-state index contributed by atoms with van der Waals surface area (Å²) in [6.07, 6.45) is 3.34. The van der Waals surface area contributed by atoms with Crippen molar-refractivity contribution in [3.05, 3.63) is 118 Å². The number of thiophene rings is 2. The first-order chi connectivity index (χ1) is 21.4. The summed E-state index contributed by atoms with van der Waals surface area (Å²) in [5, 5.41) is 5.55. The lowest BCUT2D eigenvalue weighted by atomic mass is 9.98. The fraction of sp³-hybridized carbons (Fsp3) is 0.0571. The third-order valence-corrected chi connectivity index (χ3v) is 8.98. The predicted molar refractivity (Wildman–Crippen MR) is 180 cm³/mol. The van der Waals surface area contributed by atoms with Crippen LogP contribution in [-0.2, 0) is 0 Å². The van der Waals surface area contributed by atoms with E-state index in [0.29, 0.717) is 43.5 Å². The van der Waals surface area contributed by atoms with E-state index in [9.17, 15) is 9.59 Å². The van der Waals surface area contributed by atoms with E-state index in [0.717, 1.165) is 27.3 Å². The summed E-state index contributed by atoms with van der Waals surface area (Å²) in [5.41, 5.74) is 11.3. The van der Waals surface area contributed by atoms with Crippen molar-refractivity contribution < 1.29 is 19.1 Å². The zero-order valence-corrected chi connectivity index (χ0v) is 25.5. The minimum atomic E-state index is -0.365. The van der Waals surface area contributed by atoms with Crippen LogP contribution in [0.4, 0.5) is 11.4 Å². The number of aromatic nitrogens is 1. The van der Waals surface area contributed by atoms with Gasteiger partial charge in [-0.2, -0.15) is 0 Å². The summed E-state index contributed by atoms with van der Waals surface area (Å²) in [6, 6.07) is 28.0. The van der Waals surface area contributed by atoms with Crippen LogP contribution in [0, 0.1) is 0 Å². The Labute approximate surface area is 262 Å². The Bertz CT molecular complexity index is 2000. The quantitative estimate of drug-likeness (QED) is 0.125. The minimum Gasteiger partial charge on any atom is -0.497 e. The lowest BCUT2D eigenvalue weighted by molar-refractivity contribution is 0.102. The Kier molecular flexibility index (Phi) is 8.23. The second-order valence-corrected chi connectivity index (χ2v) is 11.7. The number of nitrogens with one attached hydrogen (secondary N) is 1. The molecule has 3 heterocycles. The molecular weight excluding hydrogens is 591 g/mol. The van der Waals surface area contributed by atoms with E-state index in [-0.39, 0.29) is 11.7 Å². The van der Waals surface area contributed by atoms with Crippen LogP contribution in [0.2, 0.25) is 0 Å². The number of hydrogen-bond acceptors (Lipinski definition) is 8. The average molecular weight is 618 g/mol. The summed E-state index contributed by atoms with van der Waals surface area (Å²) >= 11 is 2.79. The van der Waals surface area contributed by atoms with Crippen molar-refractivity contribution in [2.75, 3.05) is 25.3 Å². The fourth-order valence-corrected chi connectivity index (χ4v) is 6.46. The van der Waals surface area contributed by atoms with Crippen LogP contribution >= 0.6 is 22.7 Å². The van der Waals surface area contributed by atoms with Gasteiger partial charge in [0.2, 0.25) is 0 Å². The first-order valence-electron chi connectivity index (χ1n) is 13.6. The number of anilines is 2. The molecule has 0 saturated heterocycles. The van der Waals surface area contributed by atoms with E-state index in [1.807, 2.05) is 72.1 Å². The highest BCUT2D eigenvalue weighted by atomic mass is 32.1. The van der Waals surface area contributed by atoms with Crippen LogP contribution in [0.1, 0.15) is 24.9 Å². The molecule has 6 rings (SSSR count). The van der Waals surface area contributed by atoms with E-state index in [1.54, 1.807) is 62.0 Å². The molecule has 0 saturated carbocycles. The molecule has 6 aromatic rings. The summed E-state index contributed by atoms with van der Waals surface area (Å²) in [6.45, 7) is 0. The first-order valence-corrected chi connectivity index (χ1v) is 15.3. The molecule has 0 unspecified atom stereocenters. The van der Waals surface area contributed by atoms with E-state index in [1.165, 1.54) is 11.3 Å². The average Bonchev–Trinajstić information content (AvgIpc) is 3.71. The highest BCUT2D eigenvalue weighted by molar-refractivity contribution is 7.21. The number of ketones is 1. The van der Waals surface area contributed by atoms with Crippen molar-refractivity contribution in [2.24, 2.45) is 0 Å². The van der Waals surface area contributed by atoms with Gasteiger partial charge in [-0.15, -0.1) is 22.7 Å². The van der Waals surface area contributed by atoms with Gasteiger partial charge in [-0.1, -0.05) is 36.4 Å². The van der Waals surface area contributed by atoms with Gasteiger partial charge in [0.05, 0.1) is 25.6 Å². The Morgan fingerprint density at radius 2 is 1.68 bits per heavy atom. The van der Waals surface area contributed by atoms with Crippen LogP contribution in [0.5, 0.6) is 11.5 Å². The molecule has 0 fully saturated rings. The van der Waals surface area contributed by atoms with Crippen molar-refractivity contribution >= 4 is 62.0 Å². The SMILES string of the molecule is COc1ccc(-c2cc(-c3ccccc3)nc3sc(C(=O)Nc4ccc(C(=O)C=Cc5cccs5)cc4)c(N)c23)c(OC)c1. The highest BCUT2D eigenvalue weighted by Crippen LogP contribution is 2.44. The van der Waals surface area contributed by atoms with Crippen LogP contribution in [0.15, 0.2) is 102 Å². The van der Waals surface area contributed by atoms with Crippen LogP contribution in [0.25, 0.3) is 38.7 Å². The third kappa shape index (κ3) is 5.83. The molecule has 0 spiro atoms. The van der Waals surface area contributed by atoms with Gasteiger partial charge in [0.1, 0.15) is 21.2 Å². The van der Waals surface area contributed by atoms with Crippen molar-refractivity contribution in [2.45, 2.75) is 0 Å². The molecule has 9 heteroatoms. The number of benzene rings is 3. The number of methoxy groups -OCH3 is 2. The van der Waals surface area contributed by atoms with Gasteiger partial charge in [-0.25, -0.2) is 4.98 Å². The second kappa shape index (κ2) is 12.5. The Morgan fingerprint density at radius 1 is 0.886 bits per heavy atom. The lowest BCUT2D eigenvalue weighted by Crippen LogP contribution is -2.12. The monoisotopic (exact) mass is 617 g/mol. The maximum absolute atomic E-state index is 13.5. The van der Waals surface area contributed by atoms with Gasteiger partial charge < -0.3 is 20.5 Å². The number of amides is 1. The second-order valence-electron chi connectivity index (χ2n) is 9.76. The van der Waals surface area contributed by atoms with Gasteiger partial charge in [-0.05, 0) is 71.6 Å². The van der Waals surface area contributed by atoms with Gasteiger partial charge in [0.15, 0.2) is 5.78 Å². The molecule has 218 valence electrons. The number of fused-ring (bicyclic) bond motifs is 1. The van der Waals surface area contributed by atoms with Gasteiger partial charge >= 0.3 is 0 Å². The Hall–Kier alpha value is -5.25. The number of allylic oxidation sites excluding steroid dienone is 1. The number of nitrogens with zero attached hydrogens (tertiary/aromatic N) is 1. The number of ether oxygens (including phenoxy) is 2. The Balaban J connectivity index is 1.35. The van der Waals surface area contributed by atoms with Crippen LogP contribution in [0.3, 0.4) is 0 Å². The van der Waals surface area contributed by atoms with Crippen molar-refractivity contribution in [3.8, 4) is 33.9 Å². The molecule has 1 amide bonds. The Morgan fingerprint density at radius 3 is 2.39 bits per heavy atom. The van der Waals surface area contributed by atoms with E-state index in [4.69, 9.17) is 20.2 Å². The van der Waals surface area contributed by atoms with Gasteiger partial charge in [0.25, 0.3) is 5.91 Å². The molecule has 3 aromatic carbocycles. The number of carbonyl (C=O) groups is 2. The summed E-state index contributed by atoms with van der Waals surface area (Å²) < 4.78 is 11.1. The zero-order valence-electron chi connectivity index (χ0n) is 23.9. The molecule has 0 atom stereocenters. The van der Waals surface area contributed by atoms with Gasteiger partial charge in [0, 0.05) is 38.7 Å². The molecule has 44 heavy (non-hydrogen) atoms.